The van der Waals surface area contributed by atoms with Crippen LogP contribution in [0, 0.1) is 25.2 Å². The Bertz CT molecular complexity index is 1120. The quantitative estimate of drug-likeness (QED) is 0.680. The Morgan fingerprint density at radius 2 is 1.93 bits per heavy atom. The van der Waals surface area contributed by atoms with Crippen LogP contribution in [0.1, 0.15) is 42.4 Å². The molecule has 1 aromatic carbocycles. The van der Waals surface area contributed by atoms with Gasteiger partial charge in [-0.2, -0.15) is 5.26 Å². The standard InChI is InChI=1S/C21H22N2O5S2/c1-14-5-6-15(2)17(11-14)30(26,27)21(8-3-4-9-21)20(25)28-13-18(24)23-19-16(12-22)7-10-29-19/h5-7,10-11H,3-4,8-9,13H2,1-2H3,(H,23,24). The van der Waals surface area contributed by atoms with E-state index in [0.29, 0.717) is 29.0 Å². The molecule has 158 valence electrons. The van der Waals surface area contributed by atoms with Gasteiger partial charge in [-0.3, -0.25) is 9.59 Å². The summed E-state index contributed by atoms with van der Waals surface area (Å²) < 4.78 is 30.5. The van der Waals surface area contributed by atoms with Crippen molar-refractivity contribution in [1.82, 2.24) is 0 Å². The summed E-state index contributed by atoms with van der Waals surface area (Å²) in [6.07, 6.45) is 1.50. The summed E-state index contributed by atoms with van der Waals surface area (Å²) in [6, 6.07) is 8.63. The highest BCUT2D eigenvalue weighted by Crippen LogP contribution is 2.42. The van der Waals surface area contributed by atoms with Crippen LogP contribution in [0.3, 0.4) is 0 Å². The zero-order valence-corrected chi connectivity index (χ0v) is 18.4. The lowest BCUT2D eigenvalue weighted by atomic mass is 10.1. The Balaban J connectivity index is 1.80. The molecule has 0 bridgehead atoms. The predicted octanol–water partition coefficient (Wildman–Crippen LogP) is 3.51. The van der Waals surface area contributed by atoms with E-state index < -0.39 is 33.1 Å². The fourth-order valence-corrected chi connectivity index (χ4v) is 6.77. The molecule has 1 aliphatic rings. The largest absolute Gasteiger partial charge is 0.454 e. The number of hydrogen-bond donors (Lipinski definition) is 1. The van der Waals surface area contributed by atoms with Crippen molar-refractivity contribution in [2.45, 2.75) is 49.2 Å². The Kier molecular flexibility index (Phi) is 6.29. The number of thiophene rings is 1. The molecule has 0 spiro atoms. The summed E-state index contributed by atoms with van der Waals surface area (Å²) in [7, 11) is -4.01. The molecule has 0 radical (unpaired) electrons. The van der Waals surface area contributed by atoms with Crippen LogP contribution in [-0.2, 0) is 24.2 Å². The van der Waals surface area contributed by atoms with Gasteiger partial charge in [0.25, 0.3) is 5.91 Å². The Labute approximate surface area is 179 Å². The number of carbonyl (C=O) groups is 2. The number of benzene rings is 1. The van der Waals surface area contributed by atoms with Crippen molar-refractivity contribution in [3.8, 4) is 6.07 Å². The second kappa shape index (κ2) is 8.58. The molecule has 1 saturated carbocycles. The summed E-state index contributed by atoms with van der Waals surface area (Å²) in [5.41, 5.74) is 1.66. The van der Waals surface area contributed by atoms with E-state index in [0.717, 1.165) is 5.56 Å². The van der Waals surface area contributed by atoms with E-state index in [1.807, 2.05) is 12.1 Å². The van der Waals surface area contributed by atoms with E-state index in [2.05, 4.69) is 5.32 Å². The molecule has 1 fully saturated rings. The fourth-order valence-electron chi connectivity index (χ4n) is 3.66. The number of sulfone groups is 1. The molecule has 1 amide bonds. The van der Waals surface area contributed by atoms with Crippen molar-refractivity contribution >= 4 is 38.1 Å². The first kappa shape index (κ1) is 22.0. The third kappa shape index (κ3) is 3.98. The summed E-state index contributed by atoms with van der Waals surface area (Å²) in [5, 5.41) is 13.5. The highest BCUT2D eigenvalue weighted by Gasteiger charge is 2.54. The number of nitrogens with zero attached hydrogens (tertiary/aromatic N) is 1. The summed E-state index contributed by atoms with van der Waals surface area (Å²) in [6.45, 7) is 2.87. The van der Waals surface area contributed by atoms with Crippen molar-refractivity contribution < 1.29 is 22.7 Å². The summed E-state index contributed by atoms with van der Waals surface area (Å²) in [4.78, 5) is 25.3. The lowest BCUT2D eigenvalue weighted by Crippen LogP contribution is -2.46. The first-order valence-corrected chi connectivity index (χ1v) is 11.8. The smallest absolute Gasteiger partial charge is 0.328 e. The molecule has 1 N–H and O–H groups in total. The fraction of sp³-hybridized carbons (Fsp3) is 0.381. The second-order valence-electron chi connectivity index (χ2n) is 7.37. The monoisotopic (exact) mass is 446 g/mol. The van der Waals surface area contributed by atoms with Gasteiger partial charge in [0.15, 0.2) is 21.2 Å². The van der Waals surface area contributed by atoms with Gasteiger partial charge in [-0.15, -0.1) is 11.3 Å². The van der Waals surface area contributed by atoms with Crippen LogP contribution in [0.5, 0.6) is 0 Å². The zero-order valence-electron chi connectivity index (χ0n) is 16.7. The third-order valence-electron chi connectivity index (χ3n) is 5.30. The maximum atomic E-state index is 13.5. The number of rotatable bonds is 6. The molecule has 1 aliphatic carbocycles. The topological polar surface area (TPSA) is 113 Å². The van der Waals surface area contributed by atoms with Crippen LogP contribution in [-0.4, -0.2) is 31.6 Å². The molecule has 0 atom stereocenters. The number of ether oxygens (including phenoxy) is 1. The minimum absolute atomic E-state index is 0.128. The van der Waals surface area contributed by atoms with Gasteiger partial charge in [-0.25, -0.2) is 8.42 Å². The van der Waals surface area contributed by atoms with Crippen LogP contribution in [0.4, 0.5) is 5.00 Å². The minimum Gasteiger partial charge on any atom is -0.454 e. The van der Waals surface area contributed by atoms with E-state index in [1.165, 1.54) is 11.3 Å². The molecular formula is C21H22N2O5S2. The maximum Gasteiger partial charge on any atom is 0.328 e. The van der Waals surface area contributed by atoms with E-state index in [9.17, 15) is 18.0 Å². The number of hydrogen-bond acceptors (Lipinski definition) is 7. The van der Waals surface area contributed by atoms with Gasteiger partial charge in [0.1, 0.15) is 11.1 Å². The molecule has 3 rings (SSSR count). The molecule has 1 heterocycles. The summed E-state index contributed by atoms with van der Waals surface area (Å²) in [5.74, 6) is -1.53. The number of nitriles is 1. The molecule has 1 aromatic heterocycles. The predicted molar refractivity (Wildman–Crippen MR) is 113 cm³/mol. The SMILES string of the molecule is Cc1ccc(C)c(S(=O)(=O)C2(C(=O)OCC(=O)Nc3sccc3C#N)CCCC2)c1. The molecular weight excluding hydrogens is 424 g/mol. The summed E-state index contributed by atoms with van der Waals surface area (Å²) >= 11 is 1.17. The van der Waals surface area contributed by atoms with E-state index in [1.54, 1.807) is 37.4 Å². The number of amides is 1. The Hall–Kier alpha value is -2.70. The van der Waals surface area contributed by atoms with Gasteiger partial charge in [0.05, 0.1) is 10.5 Å². The molecule has 30 heavy (non-hydrogen) atoms. The molecule has 7 nitrogen and oxygen atoms in total. The molecule has 0 saturated heterocycles. The van der Waals surface area contributed by atoms with E-state index >= 15 is 0 Å². The average molecular weight is 447 g/mol. The Morgan fingerprint density at radius 1 is 1.23 bits per heavy atom. The number of aryl methyl sites for hydroxylation is 2. The minimum atomic E-state index is -4.01. The van der Waals surface area contributed by atoms with Gasteiger partial charge in [0, 0.05) is 0 Å². The van der Waals surface area contributed by atoms with Gasteiger partial charge >= 0.3 is 5.97 Å². The number of nitrogens with one attached hydrogen (secondary N) is 1. The molecule has 9 heteroatoms. The van der Waals surface area contributed by atoms with Crippen LogP contribution in [0.25, 0.3) is 0 Å². The van der Waals surface area contributed by atoms with Crippen molar-refractivity contribution in [3.63, 3.8) is 0 Å². The first-order valence-electron chi connectivity index (χ1n) is 9.48. The molecule has 2 aromatic rings. The van der Waals surface area contributed by atoms with Crippen molar-refractivity contribution in [3.05, 3.63) is 46.3 Å². The van der Waals surface area contributed by atoms with Crippen LogP contribution in [0.2, 0.25) is 0 Å². The van der Waals surface area contributed by atoms with E-state index in [4.69, 9.17) is 10.00 Å². The third-order valence-corrected chi connectivity index (χ3v) is 8.76. The van der Waals surface area contributed by atoms with Crippen LogP contribution in [0.15, 0.2) is 34.5 Å². The molecule has 0 aliphatic heterocycles. The van der Waals surface area contributed by atoms with Crippen molar-refractivity contribution in [1.29, 1.82) is 5.26 Å². The van der Waals surface area contributed by atoms with Crippen molar-refractivity contribution in [2.75, 3.05) is 11.9 Å². The average Bonchev–Trinajstić information content (AvgIpc) is 3.38. The van der Waals surface area contributed by atoms with Crippen LogP contribution >= 0.6 is 11.3 Å². The maximum absolute atomic E-state index is 13.5. The Morgan fingerprint density at radius 3 is 2.60 bits per heavy atom. The highest BCUT2D eigenvalue weighted by atomic mass is 32.2. The van der Waals surface area contributed by atoms with Gasteiger partial charge in [0.2, 0.25) is 0 Å². The van der Waals surface area contributed by atoms with E-state index in [-0.39, 0.29) is 17.7 Å². The van der Waals surface area contributed by atoms with Gasteiger partial charge < -0.3 is 10.1 Å². The zero-order chi connectivity index (χ0) is 21.9. The normalized spacial score (nSPS) is 15.4. The second-order valence-corrected chi connectivity index (χ2v) is 10.5. The highest BCUT2D eigenvalue weighted by molar-refractivity contribution is 7.93. The van der Waals surface area contributed by atoms with Gasteiger partial charge in [-0.1, -0.05) is 25.0 Å². The first-order chi connectivity index (χ1) is 14.2. The van der Waals surface area contributed by atoms with Crippen molar-refractivity contribution in [2.24, 2.45) is 0 Å². The molecule has 0 unspecified atom stereocenters. The number of esters is 1. The number of carbonyl (C=O) groups excluding carboxylic acids is 2. The van der Waals surface area contributed by atoms with Gasteiger partial charge in [-0.05, 0) is 55.3 Å². The number of anilines is 1. The lowest BCUT2D eigenvalue weighted by molar-refractivity contribution is -0.149. The van der Waals surface area contributed by atoms with Crippen LogP contribution < -0.4 is 5.32 Å². The lowest BCUT2D eigenvalue weighted by Gasteiger charge is -2.27.